The minimum atomic E-state index is -0.641. The van der Waals surface area contributed by atoms with Crippen LogP contribution in [0.15, 0.2) is 67.3 Å². The van der Waals surface area contributed by atoms with Gasteiger partial charge in [0.2, 0.25) is 0 Å². The molecule has 0 aliphatic carbocycles. The first-order valence-electron chi connectivity index (χ1n) is 6.10. The number of hydrogen-bond donors (Lipinski definition) is 2. The summed E-state index contributed by atoms with van der Waals surface area (Å²) in [7, 11) is 0. The number of ether oxygens (including phenoxy) is 1. The van der Waals surface area contributed by atoms with Crippen LogP contribution < -0.4 is 10.2 Å². The molecule has 0 aliphatic heterocycles. The summed E-state index contributed by atoms with van der Waals surface area (Å²) in [6, 6.07) is 11.7. The van der Waals surface area contributed by atoms with Gasteiger partial charge >= 0.3 is 0 Å². The maximum atomic E-state index is 11.4. The summed E-state index contributed by atoms with van der Waals surface area (Å²) in [5.41, 5.74) is 1.77. The Morgan fingerprint density at radius 2 is 1.71 bits per heavy atom. The molecule has 0 unspecified atom stereocenters. The third-order valence-electron chi connectivity index (χ3n) is 2.43. The Balaban J connectivity index is 0.00000242. The SMILES string of the molecule is O=C(NO)c1cccc(Oc2ccncc2)cccnc1.[HH].[HH]. The summed E-state index contributed by atoms with van der Waals surface area (Å²) < 4.78 is 5.66. The van der Waals surface area contributed by atoms with Crippen molar-refractivity contribution >= 4 is 5.91 Å². The predicted molar refractivity (Wildman–Crippen MR) is 79.7 cm³/mol. The second kappa shape index (κ2) is 7.56. The molecule has 0 spiro atoms. The first-order chi connectivity index (χ1) is 10.3. The van der Waals surface area contributed by atoms with Crippen LogP contribution in [0.25, 0.3) is 0 Å². The van der Waals surface area contributed by atoms with Crippen LogP contribution in [0.3, 0.4) is 0 Å². The summed E-state index contributed by atoms with van der Waals surface area (Å²) in [5.74, 6) is 0.569. The molecule has 0 aromatic carbocycles. The minimum Gasteiger partial charge on any atom is -0.457 e. The second-order valence-corrected chi connectivity index (χ2v) is 3.90. The summed E-state index contributed by atoms with van der Waals surface area (Å²) in [6.45, 7) is 0. The van der Waals surface area contributed by atoms with Crippen LogP contribution in [-0.4, -0.2) is 21.1 Å². The zero-order valence-corrected chi connectivity index (χ0v) is 11.0. The molecule has 2 aromatic rings. The first kappa shape index (κ1) is 14.4. The number of nitrogens with zero attached hydrogens (tertiary/aromatic N) is 2. The molecule has 1 amide bonds. The van der Waals surface area contributed by atoms with Gasteiger partial charge in [-0.1, -0.05) is 6.07 Å². The van der Waals surface area contributed by atoms with Crippen LogP contribution in [0, 0.1) is 0 Å². The van der Waals surface area contributed by atoms with Gasteiger partial charge in [-0.25, -0.2) is 5.48 Å². The van der Waals surface area contributed by atoms with E-state index in [-0.39, 0.29) is 8.42 Å². The molecule has 0 saturated heterocycles. The van der Waals surface area contributed by atoms with Crippen LogP contribution in [0.5, 0.6) is 11.5 Å². The van der Waals surface area contributed by atoms with E-state index in [1.165, 1.54) is 18.5 Å². The molecule has 2 rings (SSSR count). The van der Waals surface area contributed by atoms with E-state index in [1.54, 1.807) is 54.3 Å². The molecular weight excluding hydrogens is 270 g/mol. The van der Waals surface area contributed by atoms with Crippen molar-refractivity contribution in [1.82, 2.24) is 15.4 Å². The smallest absolute Gasteiger partial charge is 0.276 e. The highest BCUT2D eigenvalue weighted by molar-refractivity contribution is 5.92. The molecule has 0 radical (unpaired) electrons. The van der Waals surface area contributed by atoms with E-state index in [9.17, 15) is 4.79 Å². The number of carbonyl (C=O) groups excluding carboxylic acids is 1. The van der Waals surface area contributed by atoms with E-state index >= 15 is 0 Å². The molecule has 6 nitrogen and oxygen atoms in total. The van der Waals surface area contributed by atoms with Gasteiger partial charge in [-0.3, -0.25) is 20.0 Å². The van der Waals surface area contributed by atoms with Crippen molar-refractivity contribution in [2.24, 2.45) is 0 Å². The van der Waals surface area contributed by atoms with Gasteiger partial charge in [0.1, 0.15) is 11.5 Å². The fraction of sp³-hybridized carbons (Fsp3) is 0. The highest BCUT2D eigenvalue weighted by Crippen LogP contribution is 2.18. The number of carbonyl (C=O) groups is 1. The van der Waals surface area contributed by atoms with Crippen molar-refractivity contribution in [3.8, 4) is 11.5 Å². The molecule has 2 aromatic heterocycles. The Morgan fingerprint density at radius 1 is 1.00 bits per heavy atom. The summed E-state index contributed by atoms with van der Waals surface area (Å²) in [5, 5.41) is 8.64. The predicted octanol–water partition coefficient (Wildman–Crippen LogP) is 3.00. The molecule has 110 valence electrons. The van der Waals surface area contributed by atoms with Crippen molar-refractivity contribution in [1.29, 1.82) is 0 Å². The van der Waals surface area contributed by atoms with Crippen molar-refractivity contribution in [3.63, 3.8) is 0 Å². The van der Waals surface area contributed by atoms with Crippen LogP contribution in [0.4, 0.5) is 0 Å². The molecule has 6 heteroatoms. The Hall–Kier alpha value is -2.99. The lowest BCUT2D eigenvalue weighted by Crippen LogP contribution is -2.18. The number of pyridine rings is 1. The number of hydrogen-bond acceptors (Lipinski definition) is 5. The van der Waals surface area contributed by atoms with Crippen molar-refractivity contribution in [2.75, 3.05) is 0 Å². The summed E-state index contributed by atoms with van der Waals surface area (Å²) in [4.78, 5) is 19.2. The molecular formula is C15H17N3O3. The molecule has 0 atom stereocenters. The topological polar surface area (TPSA) is 84.3 Å². The Bertz CT molecular complexity index is 671. The number of hydroxylamine groups is 1. The Morgan fingerprint density at radius 3 is 2.48 bits per heavy atom. The zero-order chi connectivity index (χ0) is 14.9. The van der Waals surface area contributed by atoms with E-state index in [4.69, 9.17) is 9.94 Å². The molecule has 0 fully saturated rings. The van der Waals surface area contributed by atoms with E-state index in [1.807, 2.05) is 0 Å². The van der Waals surface area contributed by atoms with E-state index < -0.39 is 5.91 Å². The van der Waals surface area contributed by atoms with E-state index in [0.29, 0.717) is 11.5 Å². The third-order valence-corrected chi connectivity index (χ3v) is 2.43. The van der Waals surface area contributed by atoms with Crippen LogP contribution in [0.2, 0.25) is 0 Å². The quantitative estimate of drug-likeness (QED) is 0.669. The van der Waals surface area contributed by atoms with Crippen LogP contribution in [0.1, 0.15) is 13.2 Å². The summed E-state index contributed by atoms with van der Waals surface area (Å²) >= 11 is 0. The number of nitrogens with one attached hydrogen (secondary N) is 1. The van der Waals surface area contributed by atoms with Crippen molar-refractivity contribution in [3.05, 3.63) is 72.8 Å². The standard InChI is InChI=1S/C15H13N3O3.2H2/c19-15(18-20)12-3-1-4-13(5-2-8-17-11-12)21-14-6-9-16-10-7-14;;/h1-11,20H,(H,18,19);2*1H. The highest BCUT2D eigenvalue weighted by atomic mass is 16.5. The van der Waals surface area contributed by atoms with Gasteiger partial charge in [-0.2, -0.15) is 0 Å². The molecule has 2 heterocycles. The van der Waals surface area contributed by atoms with Gasteiger partial charge in [0, 0.05) is 27.6 Å². The molecule has 21 heavy (non-hydrogen) atoms. The largest absolute Gasteiger partial charge is 0.457 e. The fourth-order valence-corrected chi connectivity index (χ4v) is 1.47. The second-order valence-electron chi connectivity index (χ2n) is 3.90. The number of aromatic nitrogens is 2. The molecule has 0 aliphatic rings. The van der Waals surface area contributed by atoms with Gasteiger partial charge in [-0.15, -0.1) is 0 Å². The fourth-order valence-electron chi connectivity index (χ4n) is 1.47. The van der Waals surface area contributed by atoms with Crippen LogP contribution in [-0.2, 0) is 0 Å². The average molecular weight is 287 g/mol. The van der Waals surface area contributed by atoms with Crippen LogP contribution >= 0.6 is 0 Å². The lowest BCUT2D eigenvalue weighted by atomic mass is 10.3. The van der Waals surface area contributed by atoms with Crippen molar-refractivity contribution < 1.29 is 17.6 Å². The molecule has 0 saturated carbocycles. The number of rotatable bonds is 3. The maximum Gasteiger partial charge on any atom is 0.276 e. The highest BCUT2D eigenvalue weighted by Gasteiger charge is 2.00. The average Bonchev–Trinajstić information content (AvgIpc) is 2.53. The normalized spacial score (nSPS) is 9.38. The minimum absolute atomic E-state index is 0. The Kier molecular flexibility index (Phi) is 5.19. The first-order valence-corrected chi connectivity index (χ1v) is 6.10. The Labute approximate surface area is 124 Å². The molecule has 2 N–H and O–H groups in total. The van der Waals surface area contributed by atoms with Gasteiger partial charge in [0.15, 0.2) is 0 Å². The van der Waals surface area contributed by atoms with Gasteiger partial charge < -0.3 is 4.74 Å². The van der Waals surface area contributed by atoms with Gasteiger partial charge in [0.05, 0.1) is 5.56 Å². The van der Waals surface area contributed by atoms with E-state index in [2.05, 4.69) is 9.97 Å². The zero-order valence-electron chi connectivity index (χ0n) is 11.0. The van der Waals surface area contributed by atoms with Gasteiger partial charge in [0.25, 0.3) is 5.91 Å². The maximum absolute atomic E-state index is 11.4. The summed E-state index contributed by atoms with van der Waals surface area (Å²) in [6.07, 6.45) is 6.11. The monoisotopic (exact) mass is 287 g/mol. The van der Waals surface area contributed by atoms with E-state index in [0.717, 1.165) is 0 Å². The lowest BCUT2D eigenvalue weighted by Gasteiger charge is -2.02. The lowest BCUT2D eigenvalue weighted by molar-refractivity contribution is 0.0706. The number of amides is 1. The van der Waals surface area contributed by atoms with Crippen molar-refractivity contribution in [2.45, 2.75) is 0 Å². The molecule has 0 bridgehead atoms. The van der Waals surface area contributed by atoms with Gasteiger partial charge in [-0.05, 0) is 36.4 Å². The third kappa shape index (κ3) is 4.55.